The van der Waals surface area contributed by atoms with Gasteiger partial charge in [-0.2, -0.15) is 5.26 Å². The highest BCUT2D eigenvalue weighted by atomic mass is 16.5. The van der Waals surface area contributed by atoms with Gasteiger partial charge in [0.25, 0.3) is 0 Å². The highest BCUT2D eigenvalue weighted by Gasteiger charge is 2.15. The van der Waals surface area contributed by atoms with E-state index in [1.807, 2.05) is 6.07 Å². The van der Waals surface area contributed by atoms with Gasteiger partial charge in [0.15, 0.2) is 0 Å². The number of nitrogens with one attached hydrogen (secondary N) is 2. The standard InChI is InChI=1S/C13H15N3O3/c14-7-10-2-1-3-11(6-10)15-13(17)16-12-8-18-4-5-19-9-12/h1-3,6,12H,4-5,8-9H2,(H2,15,16,17). The topological polar surface area (TPSA) is 83.4 Å². The average molecular weight is 261 g/mol. The van der Waals surface area contributed by atoms with Gasteiger partial charge >= 0.3 is 6.03 Å². The minimum atomic E-state index is -0.339. The van der Waals surface area contributed by atoms with Gasteiger partial charge < -0.3 is 20.1 Å². The number of hydrogen-bond donors (Lipinski definition) is 2. The lowest BCUT2D eigenvalue weighted by Crippen LogP contribution is -2.42. The molecule has 0 bridgehead atoms. The molecule has 1 aromatic carbocycles. The summed E-state index contributed by atoms with van der Waals surface area (Å²) >= 11 is 0. The van der Waals surface area contributed by atoms with Gasteiger partial charge in [0, 0.05) is 5.69 Å². The van der Waals surface area contributed by atoms with Gasteiger partial charge in [0.2, 0.25) is 0 Å². The summed E-state index contributed by atoms with van der Waals surface area (Å²) in [7, 11) is 0. The predicted octanol–water partition coefficient (Wildman–Crippen LogP) is 1.10. The number of nitrogens with zero attached hydrogens (tertiary/aromatic N) is 1. The van der Waals surface area contributed by atoms with Crippen LogP contribution < -0.4 is 10.6 Å². The molecule has 0 radical (unpaired) electrons. The smallest absolute Gasteiger partial charge is 0.319 e. The molecule has 2 amide bonds. The number of nitriles is 1. The van der Waals surface area contributed by atoms with Crippen molar-refractivity contribution in [3.63, 3.8) is 0 Å². The van der Waals surface area contributed by atoms with Crippen LogP contribution in [0, 0.1) is 11.3 Å². The van der Waals surface area contributed by atoms with Crippen molar-refractivity contribution in [2.24, 2.45) is 0 Å². The van der Waals surface area contributed by atoms with Crippen LogP contribution in [-0.4, -0.2) is 38.5 Å². The Hall–Kier alpha value is -2.10. The first kappa shape index (κ1) is 13.3. The van der Waals surface area contributed by atoms with Gasteiger partial charge in [0.1, 0.15) is 0 Å². The molecule has 0 saturated carbocycles. The predicted molar refractivity (Wildman–Crippen MR) is 68.7 cm³/mol. The zero-order chi connectivity index (χ0) is 13.5. The maximum Gasteiger partial charge on any atom is 0.319 e. The zero-order valence-corrected chi connectivity index (χ0v) is 10.4. The van der Waals surface area contributed by atoms with E-state index in [9.17, 15) is 4.79 Å². The maximum atomic E-state index is 11.8. The van der Waals surface area contributed by atoms with E-state index < -0.39 is 0 Å². The number of amides is 2. The van der Waals surface area contributed by atoms with Crippen LogP contribution in [0.3, 0.4) is 0 Å². The number of hydrogen-bond acceptors (Lipinski definition) is 4. The molecule has 0 aromatic heterocycles. The van der Waals surface area contributed by atoms with Gasteiger partial charge in [-0.3, -0.25) is 0 Å². The molecule has 1 aliphatic rings. The molecule has 1 heterocycles. The molecule has 1 aliphatic heterocycles. The Morgan fingerprint density at radius 2 is 2.05 bits per heavy atom. The van der Waals surface area contributed by atoms with E-state index in [1.54, 1.807) is 24.3 Å². The summed E-state index contributed by atoms with van der Waals surface area (Å²) < 4.78 is 10.6. The molecule has 0 spiro atoms. The number of carbonyl (C=O) groups excluding carboxylic acids is 1. The second kappa shape index (κ2) is 6.73. The molecule has 19 heavy (non-hydrogen) atoms. The Bertz CT molecular complexity index is 476. The van der Waals surface area contributed by atoms with Crippen LogP contribution in [0.15, 0.2) is 24.3 Å². The highest BCUT2D eigenvalue weighted by molar-refractivity contribution is 5.89. The molecule has 2 rings (SSSR count). The minimum absolute atomic E-state index is 0.165. The highest BCUT2D eigenvalue weighted by Crippen LogP contribution is 2.09. The number of carbonyl (C=O) groups is 1. The Labute approximate surface area is 111 Å². The van der Waals surface area contributed by atoms with Crippen molar-refractivity contribution in [1.82, 2.24) is 5.32 Å². The van der Waals surface area contributed by atoms with E-state index in [1.165, 1.54) is 0 Å². The summed E-state index contributed by atoms with van der Waals surface area (Å²) in [5.41, 5.74) is 1.07. The van der Waals surface area contributed by atoms with Gasteiger partial charge in [0.05, 0.1) is 44.1 Å². The molecule has 1 fully saturated rings. The van der Waals surface area contributed by atoms with Crippen LogP contribution in [0.25, 0.3) is 0 Å². The number of ether oxygens (including phenoxy) is 2. The van der Waals surface area contributed by atoms with Crippen molar-refractivity contribution in [2.45, 2.75) is 6.04 Å². The van der Waals surface area contributed by atoms with Crippen LogP contribution in [0.5, 0.6) is 0 Å². The lowest BCUT2D eigenvalue weighted by atomic mass is 10.2. The van der Waals surface area contributed by atoms with E-state index in [2.05, 4.69) is 10.6 Å². The van der Waals surface area contributed by atoms with Crippen LogP contribution in [0.4, 0.5) is 10.5 Å². The molecular formula is C13H15N3O3. The van der Waals surface area contributed by atoms with E-state index >= 15 is 0 Å². The van der Waals surface area contributed by atoms with Crippen molar-refractivity contribution in [1.29, 1.82) is 5.26 Å². The molecule has 6 heteroatoms. The summed E-state index contributed by atoms with van der Waals surface area (Å²) in [6.45, 7) is 1.96. The molecule has 100 valence electrons. The first-order valence-corrected chi connectivity index (χ1v) is 6.01. The number of rotatable bonds is 2. The van der Waals surface area contributed by atoms with Gasteiger partial charge in [-0.1, -0.05) is 6.07 Å². The molecule has 2 N–H and O–H groups in total. The summed E-state index contributed by atoms with van der Waals surface area (Å²) in [5.74, 6) is 0. The zero-order valence-electron chi connectivity index (χ0n) is 10.4. The molecule has 0 aliphatic carbocycles. The summed E-state index contributed by atoms with van der Waals surface area (Å²) in [5, 5.41) is 14.2. The Kier molecular flexibility index (Phi) is 4.72. The third-order valence-electron chi connectivity index (χ3n) is 2.59. The van der Waals surface area contributed by atoms with Crippen molar-refractivity contribution >= 4 is 11.7 Å². The van der Waals surface area contributed by atoms with Crippen LogP contribution in [0.1, 0.15) is 5.56 Å². The second-order valence-electron chi connectivity index (χ2n) is 4.14. The Balaban J connectivity index is 1.88. The first-order chi connectivity index (χ1) is 9.28. The minimum Gasteiger partial charge on any atom is -0.377 e. The Morgan fingerprint density at radius 1 is 1.32 bits per heavy atom. The van der Waals surface area contributed by atoms with Crippen molar-refractivity contribution in [2.75, 3.05) is 31.7 Å². The fraction of sp³-hybridized carbons (Fsp3) is 0.385. The van der Waals surface area contributed by atoms with Crippen LogP contribution in [0.2, 0.25) is 0 Å². The SMILES string of the molecule is N#Cc1cccc(NC(=O)NC2COCCOC2)c1. The monoisotopic (exact) mass is 261 g/mol. The maximum absolute atomic E-state index is 11.8. The Morgan fingerprint density at radius 3 is 2.74 bits per heavy atom. The molecule has 0 unspecified atom stereocenters. The largest absolute Gasteiger partial charge is 0.377 e. The summed E-state index contributed by atoms with van der Waals surface area (Å²) in [6.07, 6.45) is 0. The number of benzene rings is 1. The van der Waals surface area contributed by atoms with Crippen LogP contribution >= 0.6 is 0 Å². The number of anilines is 1. The van der Waals surface area contributed by atoms with Crippen molar-refractivity contribution in [3.8, 4) is 6.07 Å². The fourth-order valence-electron chi connectivity index (χ4n) is 1.72. The lowest BCUT2D eigenvalue weighted by molar-refractivity contribution is 0.103. The second-order valence-corrected chi connectivity index (χ2v) is 4.14. The lowest BCUT2D eigenvalue weighted by Gasteiger charge is -2.15. The van der Waals surface area contributed by atoms with Gasteiger partial charge in [-0.05, 0) is 18.2 Å². The third-order valence-corrected chi connectivity index (χ3v) is 2.59. The van der Waals surface area contributed by atoms with Crippen molar-refractivity contribution in [3.05, 3.63) is 29.8 Å². The summed E-state index contributed by atoms with van der Waals surface area (Å²) in [4.78, 5) is 11.8. The van der Waals surface area contributed by atoms with Gasteiger partial charge in [-0.25, -0.2) is 4.79 Å². The third kappa shape index (κ3) is 4.25. The van der Waals surface area contributed by atoms with E-state index in [0.29, 0.717) is 37.7 Å². The molecule has 6 nitrogen and oxygen atoms in total. The normalized spacial score (nSPS) is 16.2. The number of urea groups is 1. The van der Waals surface area contributed by atoms with E-state index in [0.717, 1.165) is 0 Å². The van der Waals surface area contributed by atoms with Crippen LogP contribution in [-0.2, 0) is 9.47 Å². The fourth-order valence-corrected chi connectivity index (χ4v) is 1.72. The van der Waals surface area contributed by atoms with Crippen molar-refractivity contribution < 1.29 is 14.3 Å². The summed E-state index contributed by atoms with van der Waals surface area (Å²) in [6, 6.07) is 8.24. The molecule has 1 saturated heterocycles. The molecule has 1 aromatic rings. The average Bonchev–Trinajstić information content (AvgIpc) is 2.67. The molecule has 0 atom stereocenters. The molecular weight excluding hydrogens is 246 g/mol. The van der Waals surface area contributed by atoms with Gasteiger partial charge in [-0.15, -0.1) is 0 Å². The first-order valence-electron chi connectivity index (χ1n) is 6.01. The van der Waals surface area contributed by atoms with E-state index in [-0.39, 0.29) is 12.1 Å². The van der Waals surface area contributed by atoms with E-state index in [4.69, 9.17) is 14.7 Å². The quantitative estimate of drug-likeness (QED) is 0.835.